The third-order valence-corrected chi connectivity index (χ3v) is 3.65. The van der Waals surface area contributed by atoms with Gasteiger partial charge in [-0.25, -0.2) is 4.79 Å². The van der Waals surface area contributed by atoms with Crippen LogP contribution >= 0.6 is 0 Å². The van der Waals surface area contributed by atoms with Crippen LogP contribution in [0.25, 0.3) is 0 Å². The van der Waals surface area contributed by atoms with E-state index in [1.807, 2.05) is 49.4 Å². The molecular weight excluding hydrogens is 318 g/mol. The van der Waals surface area contributed by atoms with Gasteiger partial charge in [0.1, 0.15) is 5.75 Å². The highest BCUT2D eigenvalue weighted by Gasteiger charge is 2.13. The maximum atomic E-state index is 12.0. The molecule has 2 rings (SSSR count). The number of nitrogens with one attached hydrogen (secondary N) is 3. The molecule has 132 valence electrons. The van der Waals surface area contributed by atoms with Crippen molar-refractivity contribution in [3.63, 3.8) is 0 Å². The Balaban J connectivity index is 1.74. The molecule has 0 bridgehead atoms. The second-order valence-corrected chi connectivity index (χ2v) is 5.53. The Hall–Kier alpha value is -3.02. The normalized spacial score (nSPS) is 11.3. The van der Waals surface area contributed by atoms with Gasteiger partial charge in [-0.2, -0.15) is 0 Å². The van der Waals surface area contributed by atoms with Crippen molar-refractivity contribution in [2.24, 2.45) is 0 Å². The van der Waals surface area contributed by atoms with Gasteiger partial charge in [0, 0.05) is 24.2 Å². The summed E-state index contributed by atoms with van der Waals surface area (Å²) in [5.41, 5.74) is 1.61. The van der Waals surface area contributed by atoms with Gasteiger partial charge in [0.25, 0.3) is 0 Å². The maximum Gasteiger partial charge on any atom is 0.319 e. The van der Waals surface area contributed by atoms with Crippen LogP contribution in [0.2, 0.25) is 0 Å². The molecule has 0 spiro atoms. The van der Waals surface area contributed by atoms with Gasteiger partial charge < -0.3 is 20.7 Å². The lowest BCUT2D eigenvalue weighted by Crippen LogP contribution is -2.34. The van der Waals surface area contributed by atoms with Crippen LogP contribution in [0.1, 0.15) is 24.9 Å². The number of ether oxygens (including phenoxy) is 1. The number of benzene rings is 2. The molecule has 0 heterocycles. The zero-order chi connectivity index (χ0) is 18.1. The van der Waals surface area contributed by atoms with E-state index in [-0.39, 0.29) is 30.9 Å². The lowest BCUT2D eigenvalue weighted by molar-refractivity contribution is -0.121. The quantitative estimate of drug-likeness (QED) is 0.724. The van der Waals surface area contributed by atoms with Crippen molar-refractivity contribution < 1.29 is 14.3 Å². The zero-order valence-electron chi connectivity index (χ0n) is 14.4. The molecule has 0 aliphatic carbocycles. The average molecular weight is 341 g/mol. The predicted molar refractivity (Wildman–Crippen MR) is 97.6 cm³/mol. The lowest BCUT2D eigenvalue weighted by atomic mass is 10.1. The first-order valence-electron chi connectivity index (χ1n) is 8.12. The Morgan fingerprint density at radius 3 is 2.44 bits per heavy atom. The van der Waals surface area contributed by atoms with Crippen molar-refractivity contribution in [1.82, 2.24) is 10.6 Å². The van der Waals surface area contributed by atoms with Crippen LogP contribution in [0.3, 0.4) is 0 Å². The third-order valence-electron chi connectivity index (χ3n) is 3.65. The van der Waals surface area contributed by atoms with Crippen LogP contribution < -0.4 is 20.7 Å². The van der Waals surface area contributed by atoms with E-state index in [0.717, 1.165) is 11.3 Å². The molecule has 3 N–H and O–H groups in total. The molecule has 0 fully saturated rings. The van der Waals surface area contributed by atoms with Crippen LogP contribution in [0.4, 0.5) is 10.5 Å². The van der Waals surface area contributed by atoms with Gasteiger partial charge in [-0.05, 0) is 25.1 Å². The minimum Gasteiger partial charge on any atom is -0.496 e. The Labute approximate surface area is 147 Å². The number of urea groups is 1. The fraction of sp³-hybridized carbons (Fsp3) is 0.263. The molecule has 6 nitrogen and oxygen atoms in total. The topological polar surface area (TPSA) is 79.5 Å². The van der Waals surface area contributed by atoms with Gasteiger partial charge in [-0.3, -0.25) is 4.79 Å². The van der Waals surface area contributed by atoms with Crippen molar-refractivity contribution in [2.45, 2.75) is 19.4 Å². The highest BCUT2D eigenvalue weighted by Crippen LogP contribution is 2.24. The van der Waals surface area contributed by atoms with Crippen molar-refractivity contribution in [3.05, 3.63) is 60.2 Å². The Bertz CT molecular complexity index is 704. The maximum absolute atomic E-state index is 12.0. The molecule has 0 saturated carbocycles. The smallest absolute Gasteiger partial charge is 0.319 e. The summed E-state index contributed by atoms with van der Waals surface area (Å²) < 4.78 is 5.30. The highest BCUT2D eigenvalue weighted by atomic mass is 16.5. The summed E-state index contributed by atoms with van der Waals surface area (Å²) in [7, 11) is 1.60. The van der Waals surface area contributed by atoms with Crippen LogP contribution in [-0.2, 0) is 4.79 Å². The standard InChI is InChI=1S/C19H23N3O3/c1-14(16-10-6-7-11-17(16)25-2)21-18(23)12-13-20-19(24)22-15-8-4-3-5-9-15/h3-11,14H,12-13H2,1-2H3,(H,21,23)(H2,20,22,24). The number of rotatable bonds is 7. The Kier molecular flexibility index (Phi) is 6.83. The molecule has 0 radical (unpaired) electrons. The molecular formula is C19H23N3O3. The molecule has 2 aromatic rings. The average Bonchev–Trinajstić information content (AvgIpc) is 2.62. The highest BCUT2D eigenvalue weighted by molar-refractivity contribution is 5.89. The zero-order valence-corrected chi connectivity index (χ0v) is 14.4. The molecule has 0 aliphatic rings. The van der Waals surface area contributed by atoms with E-state index in [9.17, 15) is 9.59 Å². The van der Waals surface area contributed by atoms with Crippen LogP contribution in [0, 0.1) is 0 Å². The fourth-order valence-electron chi connectivity index (χ4n) is 2.40. The van der Waals surface area contributed by atoms with E-state index in [0.29, 0.717) is 5.69 Å². The summed E-state index contributed by atoms with van der Waals surface area (Å²) in [5, 5.41) is 8.26. The molecule has 0 aliphatic heterocycles. The number of carbonyl (C=O) groups is 2. The van der Waals surface area contributed by atoms with Gasteiger partial charge in [-0.1, -0.05) is 36.4 Å². The van der Waals surface area contributed by atoms with Gasteiger partial charge in [0.05, 0.1) is 13.2 Å². The second kappa shape index (κ2) is 9.32. The molecule has 0 aromatic heterocycles. The second-order valence-electron chi connectivity index (χ2n) is 5.53. The van der Waals surface area contributed by atoms with Gasteiger partial charge in [0.2, 0.25) is 5.91 Å². The monoisotopic (exact) mass is 341 g/mol. The summed E-state index contributed by atoms with van der Waals surface area (Å²) in [6.45, 7) is 2.15. The number of carbonyl (C=O) groups excluding carboxylic acids is 2. The molecule has 1 unspecified atom stereocenters. The summed E-state index contributed by atoms with van der Waals surface area (Å²) in [4.78, 5) is 23.8. The van der Waals surface area contributed by atoms with Crippen LogP contribution in [0.5, 0.6) is 5.75 Å². The number of para-hydroxylation sites is 2. The van der Waals surface area contributed by atoms with E-state index in [4.69, 9.17) is 4.74 Å². The van der Waals surface area contributed by atoms with Gasteiger partial charge in [-0.15, -0.1) is 0 Å². The van der Waals surface area contributed by atoms with Crippen molar-refractivity contribution in [2.75, 3.05) is 19.0 Å². The number of amides is 3. The summed E-state index contributed by atoms with van der Waals surface area (Å²) in [6, 6.07) is 16.2. The first kappa shape index (κ1) is 18.3. The van der Waals surface area contributed by atoms with E-state index >= 15 is 0 Å². The number of hydrogen-bond donors (Lipinski definition) is 3. The molecule has 1 atom stereocenters. The minimum absolute atomic E-state index is 0.140. The van der Waals surface area contributed by atoms with E-state index < -0.39 is 0 Å². The minimum atomic E-state index is -0.336. The third kappa shape index (κ3) is 5.84. The van der Waals surface area contributed by atoms with E-state index in [2.05, 4.69) is 16.0 Å². The fourth-order valence-corrected chi connectivity index (χ4v) is 2.40. The van der Waals surface area contributed by atoms with E-state index in [1.54, 1.807) is 19.2 Å². The Morgan fingerprint density at radius 1 is 1.04 bits per heavy atom. The predicted octanol–water partition coefficient (Wildman–Crippen LogP) is 3.08. The largest absolute Gasteiger partial charge is 0.496 e. The number of hydrogen-bond acceptors (Lipinski definition) is 3. The first-order valence-corrected chi connectivity index (χ1v) is 8.12. The molecule has 3 amide bonds. The molecule has 0 saturated heterocycles. The van der Waals surface area contributed by atoms with Crippen molar-refractivity contribution in [3.8, 4) is 5.75 Å². The van der Waals surface area contributed by atoms with E-state index in [1.165, 1.54) is 0 Å². The molecule has 2 aromatic carbocycles. The summed E-state index contributed by atoms with van der Waals surface area (Å²) in [5.74, 6) is 0.592. The Morgan fingerprint density at radius 2 is 1.72 bits per heavy atom. The van der Waals surface area contributed by atoms with Crippen molar-refractivity contribution in [1.29, 1.82) is 0 Å². The van der Waals surface area contributed by atoms with Crippen molar-refractivity contribution >= 4 is 17.6 Å². The number of anilines is 1. The first-order chi connectivity index (χ1) is 12.1. The van der Waals surface area contributed by atoms with Crippen LogP contribution in [-0.4, -0.2) is 25.6 Å². The summed E-state index contributed by atoms with van der Waals surface area (Å²) in [6.07, 6.45) is 0.196. The SMILES string of the molecule is COc1ccccc1C(C)NC(=O)CCNC(=O)Nc1ccccc1. The van der Waals surface area contributed by atoms with Crippen LogP contribution in [0.15, 0.2) is 54.6 Å². The lowest BCUT2D eigenvalue weighted by Gasteiger charge is -2.17. The number of methoxy groups -OCH3 is 1. The summed E-state index contributed by atoms with van der Waals surface area (Å²) >= 11 is 0. The molecule has 6 heteroatoms. The molecule has 25 heavy (non-hydrogen) atoms. The van der Waals surface area contributed by atoms with Gasteiger partial charge in [0.15, 0.2) is 0 Å². The van der Waals surface area contributed by atoms with Gasteiger partial charge >= 0.3 is 6.03 Å².